The maximum atomic E-state index is 12.2. The minimum atomic E-state index is -0.989. The van der Waals surface area contributed by atoms with E-state index in [0.29, 0.717) is 0 Å². The summed E-state index contributed by atoms with van der Waals surface area (Å²) in [7, 11) is 0. The van der Waals surface area contributed by atoms with E-state index in [1.54, 1.807) is 0 Å². The van der Waals surface area contributed by atoms with Crippen LogP contribution in [0.2, 0.25) is 0 Å². The first-order chi connectivity index (χ1) is 10.5. The third-order valence-corrected chi connectivity index (χ3v) is 3.83. The predicted octanol–water partition coefficient (Wildman–Crippen LogP) is 0.495. The second-order valence-corrected chi connectivity index (χ2v) is 5.40. The van der Waals surface area contributed by atoms with Crippen LogP contribution < -0.4 is 16.6 Å². The molecular weight excluding hydrogens is 286 g/mol. The van der Waals surface area contributed by atoms with Crippen LogP contribution in [0.4, 0.5) is 0 Å². The Kier molecular flexibility index (Phi) is 3.32. The average Bonchev–Trinajstić information content (AvgIpc) is 2.85. The Balaban J connectivity index is 1.90. The van der Waals surface area contributed by atoms with Crippen molar-refractivity contribution >= 4 is 5.91 Å². The minimum Gasteiger partial charge on any atom is -0.501 e. The first-order valence-electron chi connectivity index (χ1n) is 6.91. The molecular formula is C15H15N3O4. The van der Waals surface area contributed by atoms with Crippen LogP contribution in [0.3, 0.4) is 0 Å². The summed E-state index contributed by atoms with van der Waals surface area (Å²) in [6.07, 6.45) is 1.58. The molecule has 0 aliphatic heterocycles. The van der Waals surface area contributed by atoms with Gasteiger partial charge in [-0.2, -0.15) is 0 Å². The number of amides is 1. The Bertz CT molecular complexity index is 866. The lowest BCUT2D eigenvalue weighted by molar-refractivity contribution is 0.0927. The zero-order valence-corrected chi connectivity index (χ0v) is 11.9. The van der Waals surface area contributed by atoms with Crippen molar-refractivity contribution in [2.24, 2.45) is 0 Å². The van der Waals surface area contributed by atoms with E-state index in [-0.39, 0.29) is 6.04 Å². The van der Waals surface area contributed by atoms with E-state index in [0.717, 1.165) is 24.0 Å². The van der Waals surface area contributed by atoms with Gasteiger partial charge in [-0.3, -0.25) is 19.6 Å². The molecule has 2 aromatic rings. The van der Waals surface area contributed by atoms with Crippen molar-refractivity contribution in [1.82, 2.24) is 15.3 Å². The van der Waals surface area contributed by atoms with Crippen LogP contribution in [0, 0.1) is 6.92 Å². The summed E-state index contributed by atoms with van der Waals surface area (Å²) in [5.41, 5.74) is 1.04. The van der Waals surface area contributed by atoms with E-state index < -0.39 is 28.6 Å². The molecule has 0 saturated heterocycles. The monoisotopic (exact) mass is 301 g/mol. The average molecular weight is 301 g/mol. The molecule has 0 unspecified atom stereocenters. The maximum Gasteiger partial charge on any atom is 0.326 e. The number of aromatic amines is 2. The molecule has 22 heavy (non-hydrogen) atoms. The summed E-state index contributed by atoms with van der Waals surface area (Å²) in [5, 5.41) is 12.4. The normalized spacial score (nSPS) is 16.3. The molecule has 0 fully saturated rings. The van der Waals surface area contributed by atoms with Crippen LogP contribution in [0.5, 0.6) is 5.75 Å². The number of benzene rings is 1. The number of H-pyrrole nitrogens is 2. The molecule has 0 radical (unpaired) electrons. The highest BCUT2D eigenvalue weighted by Gasteiger charge is 2.26. The van der Waals surface area contributed by atoms with E-state index in [1.165, 1.54) is 5.56 Å². The van der Waals surface area contributed by atoms with Crippen molar-refractivity contribution in [1.29, 1.82) is 0 Å². The summed E-state index contributed by atoms with van der Waals surface area (Å²) in [6.45, 7) is 1.97. The topological polar surface area (TPSA) is 115 Å². The SMILES string of the molecule is Cc1ccc2c(c1)[C@H](NC(=O)c1[nH]c(=O)[nH]c(=O)c1O)CC2. The van der Waals surface area contributed by atoms with Crippen molar-refractivity contribution in [2.75, 3.05) is 0 Å². The summed E-state index contributed by atoms with van der Waals surface area (Å²) in [4.78, 5) is 38.8. The predicted molar refractivity (Wildman–Crippen MR) is 79.1 cm³/mol. The number of rotatable bonds is 2. The van der Waals surface area contributed by atoms with Crippen molar-refractivity contribution in [2.45, 2.75) is 25.8 Å². The lowest BCUT2D eigenvalue weighted by Crippen LogP contribution is -2.33. The van der Waals surface area contributed by atoms with Gasteiger partial charge in [-0.15, -0.1) is 0 Å². The number of carbonyl (C=O) groups is 1. The summed E-state index contributed by atoms with van der Waals surface area (Å²) >= 11 is 0. The lowest BCUT2D eigenvalue weighted by Gasteiger charge is -2.14. The van der Waals surface area contributed by atoms with Crippen molar-refractivity contribution in [3.63, 3.8) is 0 Å². The summed E-state index contributed by atoms with van der Waals surface area (Å²) in [6, 6.07) is 5.85. The number of carbonyl (C=O) groups excluding carboxylic acids is 1. The van der Waals surface area contributed by atoms with Gasteiger partial charge in [0.05, 0.1) is 6.04 Å². The zero-order valence-electron chi connectivity index (χ0n) is 11.9. The maximum absolute atomic E-state index is 12.2. The van der Waals surface area contributed by atoms with E-state index in [2.05, 4.69) is 10.3 Å². The van der Waals surface area contributed by atoms with Gasteiger partial charge in [0.15, 0.2) is 5.69 Å². The van der Waals surface area contributed by atoms with Crippen LogP contribution in [0.15, 0.2) is 27.8 Å². The Morgan fingerprint density at radius 3 is 2.86 bits per heavy atom. The van der Waals surface area contributed by atoms with Gasteiger partial charge in [0.2, 0.25) is 5.75 Å². The van der Waals surface area contributed by atoms with Gasteiger partial charge in [-0.05, 0) is 30.9 Å². The highest BCUT2D eigenvalue weighted by atomic mass is 16.3. The summed E-state index contributed by atoms with van der Waals surface area (Å²) < 4.78 is 0. The molecule has 0 saturated carbocycles. The molecule has 1 atom stereocenters. The number of aromatic hydroxyl groups is 1. The Morgan fingerprint density at radius 1 is 1.32 bits per heavy atom. The molecule has 1 heterocycles. The third kappa shape index (κ3) is 2.41. The molecule has 0 spiro atoms. The molecule has 1 aliphatic rings. The molecule has 114 valence electrons. The largest absolute Gasteiger partial charge is 0.501 e. The molecule has 3 rings (SSSR count). The van der Waals surface area contributed by atoms with Gasteiger partial charge in [0.25, 0.3) is 11.5 Å². The number of aryl methyl sites for hydroxylation is 2. The van der Waals surface area contributed by atoms with Crippen LogP contribution in [-0.4, -0.2) is 21.0 Å². The number of hydrogen-bond acceptors (Lipinski definition) is 4. The van der Waals surface area contributed by atoms with Gasteiger partial charge in [0, 0.05) is 0 Å². The highest BCUT2D eigenvalue weighted by molar-refractivity contribution is 5.94. The first-order valence-corrected chi connectivity index (χ1v) is 6.91. The second-order valence-electron chi connectivity index (χ2n) is 5.40. The standard InChI is InChI=1S/C15H15N3O4/c1-7-2-3-8-4-5-10(9(8)6-7)16-13(20)11-12(19)14(21)18-15(22)17-11/h2-3,6,10,19H,4-5H2,1H3,(H,16,20)(H2,17,18,21,22)/t10-/m1/s1. The Morgan fingerprint density at radius 2 is 2.09 bits per heavy atom. The highest BCUT2D eigenvalue weighted by Crippen LogP contribution is 2.32. The van der Waals surface area contributed by atoms with E-state index in [9.17, 15) is 19.5 Å². The number of nitrogens with one attached hydrogen (secondary N) is 3. The molecule has 7 nitrogen and oxygen atoms in total. The van der Waals surface area contributed by atoms with Gasteiger partial charge in [-0.25, -0.2) is 4.79 Å². The fraction of sp³-hybridized carbons (Fsp3) is 0.267. The van der Waals surface area contributed by atoms with Crippen LogP contribution in [-0.2, 0) is 6.42 Å². The van der Waals surface area contributed by atoms with Gasteiger partial charge >= 0.3 is 5.69 Å². The number of hydrogen-bond donors (Lipinski definition) is 4. The molecule has 1 aromatic heterocycles. The van der Waals surface area contributed by atoms with Crippen LogP contribution >= 0.6 is 0 Å². The second kappa shape index (κ2) is 5.18. The van der Waals surface area contributed by atoms with Crippen molar-refractivity contribution in [3.05, 3.63) is 61.4 Å². The van der Waals surface area contributed by atoms with Crippen molar-refractivity contribution < 1.29 is 9.90 Å². The molecule has 4 N–H and O–H groups in total. The number of aromatic nitrogens is 2. The van der Waals surface area contributed by atoms with Gasteiger partial charge in [0.1, 0.15) is 0 Å². The first kappa shape index (κ1) is 14.1. The van der Waals surface area contributed by atoms with Gasteiger partial charge in [-0.1, -0.05) is 23.8 Å². The fourth-order valence-corrected chi connectivity index (χ4v) is 2.75. The van der Waals surface area contributed by atoms with E-state index in [1.807, 2.05) is 30.1 Å². The molecule has 0 bridgehead atoms. The van der Waals surface area contributed by atoms with E-state index >= 15 is 0 Å². The van der Waals surface area contributed by atoms with Crippen LogP contribution in [0.25, 0.3) is 0 Å². The quantitative estimate of drug-likeness (QED) is 0.646. The Labute approximate surface area is 125 Å². The number of fused-ring (bicyclic) bond motifs is 1. The molecule has 7 heteroatoms. The minimum absolute atomic E-state index is 0.204. The van der Waals surface area contributed by atoms with Crippen molar-refractivity contribution in [3.8, 4) is 5.75 Å². The lowest BCUT2D eigenvalue weighted by atomic mass is 10.0. The smallest absolute Gasteiger partial charge is 0.326 e. The molecule has 1 aromatic carbocycles. The molecule has 1 amide bonds. The van der Waals surface area contributed by atoms with Crippen LogP contribution in [0.1, 0.15) is 39.6 Å². The fourth-order valence-electron chi connectivity index (χ4n) is 2.75. The summed E-state index contributed by atoms with van der Waals surface area (Å²) in [5.74, 6) is -1.47. The zero-order chi connectivity index (χ0) is 15.9. The van der Waals surface area contributed by atoms with Gasteiger partial charge < -0.3 is 10.4 Å². The molecule has 1 aliphatic carbocycles. The van der Waals surface area contributed by atoms with E-state index in [4.69, 9.17) is 0 Å². The third-order valence-electron chi connectivity index (χ3n) is 3.83. The Hall–Kier alpha value is -2.83.